The van der Waals surface area contributed by atoms with Crippen molar-refractivity contribution in [3.63, 3.8) is 0 Å². The van der Waals surface area contributed by atoms with Crippen LogP contribution in [0.1, 0.15) is 12.8 Å². The molecule has 0 unspecified atom stereocenters. The molecule has 0 radical (unpaired) electrons. The number of carboxylic acid groups (broad SMARTS) is 1. The van der Waals surface area contributed by atoms with Crippen LogP contribution >= 0.6 is 15.9 Å². The number of pyridine rings is 1. The van der Waals surface area contributed by atoms with Gasteiger partial charge >= 0.3 is 5.97 Å². The number of halogens is 1. The summed E-state index contributed by atoms with van der Waals surface area (Å²) in [7, 11) is 0. The smallest absolute Gasteiger partial charge is 0.326 e. The molecule has 0 bridgehead atoms. The van der Waals surface area contributed by atoms with Gasteiger partial charge in [0.15, 0.2) is 0 Å². The number of anilines is 1. The number of hydrogen-bond donors (Lipinski definition) is 1. The zero-order valence-electron chi connectivity index (χ0n) is 8.06. The van der Waals surface area contributed by atoms with Crippen molar-refractivity contribution in [2.45, 2.75) is 18.9 Å². The molecule has 1 N–H and O–H groups in total. The molecule has 80 valence electrons. The van der Waals surface area contributed by atoms with Crippen LogP contribution in [0.3, 0.4) is 0 Å². The van der Waals surface area contributed by atoms with Crippen LogP contribution in [0.4, 0.5) is 5.82 Å². The molecule has 1 fully saturated rings. The average Bonchev–Trinajstić information content (AvgIpc) is 2.65. The van der Waals surface area contributed by atoms with Gasteiger partial charge in [0, 0.05) is 17.2 Å². The number of aliphatic carboxylic acids is 1. The van der Waals surface area contributed by atoms with Crippen LogP contribution in [-0.2, 0) is 4.79 Å². The lowest BCUT2D eigenvalue weighted by atomic mass is 10.2. The van der Waals surface area contributed by atoms with E-state index in [1.165, 1.54) is 0 Å². The second kappa shape index (κ2) is 4.18. The first-order valence-electron chi connectivity index (χ1n) is 4.79. The van der Waals surface area contributed by atoms with Crippen molar-refractivity contribution in [2.24, 2.45) is 0 Å². The third kappa shape index (κ3) is 2.12. The normalized spacial score (nSPS) is 20.6. The maximum absolute atomic E-state index is 11.0. The molecular formula is C10H11BrN2O2. The summed E-state index contributed by atoms with van der Waals surface area (Å²) >= 11 is 3.35. The molecule has 4 nitrogen and oxygen atoms in total. The van der Waals surface area contributed by atoms with Crippen LogP contribution in [0.5, 0.6) is 0 Å². The van der Waals surface area contributed by atoms with E-state index in [-0.39, 0.29) is 0 Å². The number of carbonyl (C=O) groups is 1. The van der Waals surface area contributed by atoms with Crippen LogP contribution in [0.25, 0.3) is 0 Å². The van der Waals surface area contributed by atoms with Crippen LogP contribution in [-0.4, -0.2) is 28.6 Å². The maximum Gasteiger partial charge on any atom is 0.326 e. The molecule has 1 saturated heterocycles. The fourth-order valence-corrected chi connectivity index (χ4v) is 2.17. The number of aromatic nitrogens is 1. The van der Waals surface area contributed by atoms with Crippen molar-refractivity contribution < 1.29 is 9.90 Å². The van der Waals surface area contributed by atoms with Crippen LogP contribution in [0.2, 0.25) is 0 Å². The molecule has 1 aromatic rings. The fourth-order valence-electron chi connectivity index (χ4n) is 1.85. The second-order valence-electron chi connectivity index (χ2n) is 3.52. The van der Waals surface area contributed by atoms with Gasteiger partial charge in [0.1, 0.15) is 11.9 Å². The Kier molecular flexibility index (Phi) is 2.90. The van der Waals surface area contributed by atoms with Gasteiger partial charge in [-0.3, -0.25) is 0 Å². The summed E-state index contributed by atoms with van der Waals surface area (Å²) in [6.07, 6.45) is 3.28. The molecule has 5 heteroatoms. The number of nitrogens with zero attached hydrogens (tertiary/aromatic N) is 2. The van der Waals surface area contributed by atoms with E-state index < -0.39 is 12.0 Å². The van der Waals surface area contributed by atoms with E-state index in [1.807, 2.05) is 17.0 Å². The minimum absolute atomic E-state index is 0.424. The van der Waals surface area contributed by atoms with E-state index in [0.717, 1.165) is 23.3 Å². The molecule has 1 aliphatic heterocycles. The third-order valence-electron chi connectivity index (χ3n) is 2.54. The molecule has 1 atom stereocenters. The van der Waals surface area contributed by atoms with Gasteiger partial charge in [-0.05, 0) is 25.0 Å². The van der Waals surface area contributed by atoms with Crippen molar-refractivity contribution in [2.75, 3.05) is 11.4 Å². The van der Waals surface area contributed by atoms with Gasteiger partial charge in [-0.2, -0.15) is 0 Å². The molecule has 1 aliphatic rings. The Balaban J connectivity index is 2.26. The van der Waals surface area contributed by atoms with Gasteiger partial charge in [0.05, 0.1) is 0 Å². The first-order chi connectivity index (χ1) is 7.18. The number of rotatable bonds is 2. The Morgan fingerprint density at radius 3 is 3.13 bits per heavy atom. The van der Waals surface area contributed by atoms with E-state index in [9.17, 15) is 4.79 Å². The zero-order chi connectivity index (χ0) is 10.8. The lowest BCUT2D eigenvalue weighted by molar-refractivity contribution is -0.138. The summed E-state index contributed by atoms with van der Waals surface area (Å²) in [6, 6.07) is 3.25. The molecular weight excluding hydrogens is 260 g/mol. The SMILES string of the molecule is O=C(O)[C@H]1CCCN1c1cc(Br)ccn1. The summed E-state index contributed by atoms with van der Waals surface area (Å²) < 4.78 is 0.920. The lowest BCUT2D eigenvalue weighted by Gasteiger charge is -2.22. The van der Waals surface area contributed by atoms with Gasteiger partial charge in [-0.15, -0.1) is 0 Å². The van der Waals surface area contributed by atoms with Crippen molar-refractivity contribution in [1.29, 1.82) is 0 Å². The predicted molar refractivity (Wildman–Crippen MR) is 59.9 cm³/mol. The highest BCUT2D eigenvalue weighted by Crippen LogP contribution is 2.25. The van der Waals surface area contributed by atoms with Crippen molar-refractivity contribution in [3.8, 4) is 0 Å². The minimum atomic E-state index is -0.769. The summed E-state index contributed by atoms with van der Waals surface area (Å²) in [5.41, 5.74) is 0. The van der Waals surface area contributed by atoms with Gasteiger partial charge in [-0.25, -0.2) is 9.78 Å². The van der Waals surface area contributed by atoms with E-state index in [2.05, 4.69) is 20.9 Å². The Hall–Kier alpha value is -1.10. The molecule has 15 heavy (non-hydrogen) atoms. The van der Waals surface area contributed by atoms with E-state index in [4.69, 9.17) is 5.11 Å². The van der Waals surface area contributed by atoms with E-state index in [1.54, 1.807) is 6.20 Å². The predicted octanol–water partition coefficient (Wildman–Crippen LogP) is 1.90. The zero-order valence-corrected chi connectivity index (χ0v) is 9.64. The lowest BCUT2D eigenvalue weighted by Crippen LogP contribution is -2.36. The van der Waals surface area contributed by atoms with E-state index >= 15 is 0 Å². The van der Waals surface area contributed by atoms with Crippen molar-refractivity contribution >= 4 is 27.7 Å². The van der Waals surface area contributed by atoms with Crippen molar-refractivity contribution in [1.82, 2.24) is 4.98 Å². The molecule has 0 spiro atoms. The largest absolute Gasteiger partial charge is 0.480 e. The number of carboxylic acids is 1. The summed E-state index contributed by atoms with van der Waals surface area (Å²) in [4.78, 5) is 17.0. The van der Waals surface area contributed by atoms with Crippen LogP contribution < -0.4 is 4.90 Å². The minimum Gasteiger partial charge on any atom is -0.480 e. The topological polar surface area (TPSA) is 53.4 Å². The Morgan fingerprint density at radius 1 is 1.67 bits per heavy atom. The highest BCUT2D eigenvalue weighted by molar-refractivity contribution is 9.10. The molecule has 1 aromatic heterocycles. The molecule has 2 heterocycles. The highest BCUT2D eigenvalue weighted by Gasteiger charge is 2.31. The average molecular weight is 271 g/mol. The highest BCUT2D eigenvalue weighted by atomic mass is 79.9. The van der Waals surface area contributed by atoms with Crippen LogP contribution in [0, 0.1) is 0 Å². The number of hydrogen-bond acceptors (Lipinski definition) is 3. The summed E-state index contributed by atoms with van der Waals surface area (Å²) in [6.45, 7) is 0.764. The standard InChI is InChI=1S/C10H11BrN2O2/c11-7-3-4-12-9(6-7)13-5-1-2-8(13)10(14)15/h3-4,6,8H,1-2,5H2,(H,14,15)/t8-/m1/s1. The van der Waals surface area contributed by atoms with Gasteiger partial charge in [-0.1, -0.05) is 15.9 Å². The molecule has 0 aromatic carbocycles. The molecule has 0 saturated carbocycles. The van der Waals surface area contributed by atoms with E-state index in [0.29, 0.717) is 6.42 Å². The first kappa shape index (κ1) is 10.4. The summed E-state index contributed by atoms with van der Waals surface area (Å²) in [5, 5.41) is 9.03. The molecule has 2 rings (SSSR count). The fraction of sp³-hybridized carbons (Fsp3) is 0.400. The van der Waals surface area contributed by atoms with Gasteiger partial charge in [0.2, 0.25) is 0 Å². The Morgan fingerprint density at radius 2 is 2.47 bits per heavy atom. The maximum atomic E-state index is 11.0. The first-order valence-corrected chi connectivity index (χ1v) is 5.59. The Bertz CT molecular complexity index is 383. The molecule has 0 amide bonds. The van der Waals surface area contributed by atoms with Crippen LogP contribution in [0.15, 0.2) is 22.8 Å². The molecule has 0 aliphatic carbocycles. The van der Waals surface area contributed by atoms with Crippen molar-refractivity contribution in [3.05, 3.63) is 22.8 Å². The third-order valence-corrected chi connectivity index (χ3v) is 3.03. The summed E-state index contributed by atoms with van der Waals surface area (Å²) in [5.74, 6) is -0.0384. The second-order valence-corrected chi connectivity index (χ2v) is 4.44. The Labute approximate surface area is 96.1 Å². The van der Waals surface area contributed by atoms with Gasteiger partial charge in [0.25, 0.3) is 0 Å². The quantitative estimate of drug-likeness (QED) is 0.892. The monoisotopic (exact) mass is 270 g/mol. The van der Waals surface area contributed by atoms with Gasteiger partial charge < -0.3 is 10.0 Å².